The van der Waals surface area contributed by atoms with Crippen LogP contribution in [0.25, 0.3) is 0 Å². The normalized spacial score (nSPS) is 12.1. The Balaban J connectivity index is 2.79. The van der Waals surface area contributed by atoms with Gasteiger partial charge in [-0.15, -0.1) is 0 Å². The fourth-order valence-electron chi connectivity index (χ4n) is 2.13. The Kier molecular flexibility index (Phi) is 6.65. The van der Waals surface area contributed by atoms with E-state index in [0.29, 0.717) is 23.9 Å². The van der Waals surface area contributed by atoms with Crippen LogP contribution >= 0.6 is 0 Å². The Bertz CT molecular complexity index is 525. The van der Waals surface area contributed by atoms with Gasteiger partial charge in [0, 0.05) is 13.1 Å². The fourth-order valence-corrected chi connectivity index (χ4v) is 3.49. The van der Waals surface area contributed by atoms with Crippen molar-refractivity contribution in [2.45, 2.75) is 45.1 Å². The molecular formula is C15H26N2O2S. The Morgan fingerprint density at radius 2 is 1.95 bits per heavy atom. The van der Waals surface area contributed by atoms with Crippen molar-refractivity contribution in [3.05, 3.63) is 29.3 Å². The second-order valence-corrected chi connectivity index (χ2v) is 7.24. The van der Waals surface area contributed by atoms with Crippen LogP contribution in [0.2, 0.25) is 0 Å². The molecule has 0 unspecified atom stereocenters. The zero-order valence-electron chi connectivity index (χ0n) is 12.9. The number of sulfonamides is 1. The van der Waals surface area contributed by atoms with Crippen LogP contribution < -0.4 is 10.0 Å². The van der Waals surface area contributed by atoms with E-state index in [4.69, 9.17) is 0 Å². The molecule has 1 aromatic carbocycles. The highest BCUT2D eigenvalue weighted by Gasteiger charge is 2.17. The van der Waals surface area contributed by atoms with Gasteiger partial charge in [-0.05, 0) is 49.9 Å². The number of rotatable bonds is 8. The molecule has 0 saturated carbocycles. The van der Waals surface area contributed by atoms with Crippen LogP contribution in [0.3, 0.4) is 0 Å². The lowest BCUT2D eigenvalue weighted by Gasteiger charge is -2.13. The molecule has 1 aromatic rings. The van der Waals surface area contributed by atoms with Crippen molar-refractivity contribution in [2.24, 2.45) is 5.92 Å². The van der Waals surface area contributed by atoms with Crippen molar-refractivity contribution in [2.75, 3.05) is 13.6 Å². The third-order valence-electron chi connectivity index (χ3n) is 3.30. The van der Waals surface area contributed by atoms with Gasteiger partial charge in [0.25, 0.3) is 0 Å². The highest BCUT2D eigenvalue weighted by Crippen LogP contribution is 2.18. The number of nitrogens with one attached hydrogen (secondary N) is 2. The quantitative estimate of drug-likeness (QED) is 0.725. The molecule has 4 nitrogen and oxygen atoms in total. The molecule has 0 aliphatic heterocycles. The van der Waals surface area contributed by atoms with Gasteiger partial charge in [-0.1, -0.05) is 26.0 Å². The van der Waals surface area contributed by atoms with Crippen LogP contribution in [0.1, 0.15) is 37.8 Å². The molecule has 0 amide bonds. The lowest BCUT2D eigenvalue weighted by Crippen LogP contribution is -2.26. The minimum absolute atomic E-state index is 0.384. The highest BCUT2D eigenvalue weighted by molar-refractivity contribution is 7.89. The van der Waals surface area contributed by atoms with E-state index in [1.54, 1.807) is 12.1 Å². The number of hydrogen-bond acceptors (Lipinski definition) is 3. The van der Waals surface area contributed by atoms with Crippen molar-refractivity contribution in [3.63, 3.8) is 0 Å². The molecule has 0 radical (unpaired) electrons. The smallest absolute Gasteiger partial charge is 0.240 e. The molecule has 0 aliphatic carbocycles. The molecular weight excluding hydrogens is 272 g/mol. The SMILES string of the molecule is CNCc1cccc(S(=O)(=O)NCCCC(C)C)c1C. The van der Waals surface area contributed by atoms with Crippen LogP contribution in [0.15, 0.2) is 23.1 Å². The molecule has 2 N–H and O–H groups in total. The minimum atomic E-state index is -3.41. The Hall–Kier alpha value is -0.910. The monoisotopic (exact) mass is 298 g/mol. The van der Waals surface area contributed by atoms with Crippen molar-refractivity contribution in [1.82, 2.24) is 10.0 Å². The van der Waals surface area contributed by atoms with Gasteiger partial charge in [0.05, 0.1) is 4.90 Å². The molecule has 0 heterocycles. The van der Waals surface area contributed by atoms with Gasteiger partial charge in [0.1, 0.15) is 0 Å². The van der Waals surface area contributed by atoms with E-state index in [1.165, 1.54) is 0 Å². The van der Waals surface area contributed by atoms with Gasteiger partial charge in [0.15, 0.2) is 0 Å². The first kappa shape index (κ1) is 17.1. The summed E-state index contributed by atoms with van der Waals surface area (Å²) in [6, 6.07) is 5.41. The van der Waals surface area contributed by atoms with Crippen LogP contribution in [0, 0.1) is 12.8 Å². The topological polar surface area (TPSA) is 58.2 Å². The van der Waals surface area contributed by atoms with E-state index in [2.05, 4.69) is 23.9 Å². The maximum absolute atomic E-state index is 12.3. The van der Waals surface area contributed by atoms with E-state index in [9.17, 15) is 8.42 Å². The van der Waals surface area contributed by atoms with E-state index >= 15 is 0 Å². The number of benzene rings is 1. The predicted octanol–water partition coefficient (Wildman–Crippen LogP) is 2.43. The summed E-state index contributed by atoms with van der Waals surface area (Å²) in [7, 11) is -1.56. The molecule has 5 heteroatoms. The third kappa shape index (κ3) is 4.89. The standard InChI is InChI=1S/C15H26N2O2S/c1-12(2)7-6-10-17-20(18,19)15-9-5-8-14(11-16-4)13(15)3/h5,8-9,12,16-17H,6-7,10-11H2,1-4H3. The fraction of sp³-hybridized carbons (Fsp3) is 0.600. The second-order valence-electron chi connectivity index (χ2n) is 5.50. The molecule has 20 heavy (non-hydrogen) atoms. The van der Waals surface area contributed by atoms with Gasteiger partial charge in [-0.3, -0.25) is 0 Å². The summed E-state index contributed by atoms with van der Waals surface area (Å²) in [4.78, 5) is 0.384. The molecule has 0 saturated heterocycles. The van der Waals surface area contributed by atoms with Gasteiger partial charge < -0.3 is 5.32 Å². The van der Waals surface area contributed by atoms with Crippen molar-refractivity contribution < 1.29 is 8.42 Å². The Morgan fingerprint density at radius 3 is 2.55 bits per heavy atom. The molecule has 0 bridgehead atoms. The second kappa shape index (κ2) is 7.76. The molecule has 114 valence electrons. The lowest BCUT2D eigenvalue weighted by molar-refractivity contribution is 0.539. The summed E-state index contributed by atoms with van der Waals surface area (Å²) < 4.78 is 27.3. The van der Waals surface area contributed by atoms with Crippen LogP contribution in [-0.2, 0) is 16.6 Å². The Morgan fingerprint density at radius 1 is 1.25 bits per heavy atom. The van der Waals surface area contributed by atoms with E-state index in [1.807, 2.05) is 20.0 Å². The summed E-state index contributed by atoms with van der Waals surface area (Å²) in [5.41, 5.74) is 1.83. The van der Waals surface area contributed by atoms with Gasteiger partial charge in [0.2, 0.25) is 10.0 Å². The van der Waals surface area contributed by atoms with Gasteiger partial charge in [-0.2, -0.15) is 0 Å². The maximum atomic E-state index is 12.3. The highest BCUT2D eigenvalue weighted by atomic mass is 32.2. The van der Waals surface area contributed by atoms with Crippen LogP contribution in [0.5, 0.6) is 0 Å². The molecule has 0 spiro atoms. The average Bonchev–Trinajstić information content (AvgIpc) is 2.37. The van der Waals surface area contributed by atoms with Crippen molar-refractivity contribution in [3.8, 4) is 0 Å². The zero-order valence-corrected chi connectivity index (χ0v) is 13.7. The van der Waals surface area contributed by atoms with E-state index in [0.717, 1.165) is 24.0 Å². The molecule has 0 fully saturated rings. The van der Waals surface area contributed by atoms with Gasteiger partial charge in [-0.25, -0.2) is 13.1 Å². The van der Waals surface area contributed by atoms with Crippen LogP contribution in [0.4, 0.5) is 0 Å². The first-order valence-corrected chi connectivity index (χ1v) is 8.59. The molecule has 0 aromatic heterocycles. The van der Waals surface area contributed by atoms with Crippen molar-refractivity contribution >= 4 is 10.0 Å². The number of hydrogen-bond donors (Lipinski definition) is 2. The van der Waals surface area contributed by atoms with E-state index in [-0.39, 0.29) is 0 Å². The van der Waals surface area contributed by atoms with Gasteiger partial charge >= 0.3 is 0 Å². The molecule has 0 atom stereocenters. The summed E-state index contributed by atoms with van der Waals surface area (Å²) in [6.07, 6.45) is 1.90. The summed E-state index contributed by atoms with van der Waals surface area (Å²) in [5, 5.41) is 3.05. The lowest BCUT2D eigenvalue weighted by atomic mass is 10.1. The van der Waals surface area contributed by atoms with Crippen LogP contribution in [-0.4, -0.2) is 22.0 Å². The first-order valence-electron chi connectivity index (χ1n) is 7.11. The predicted molar refractivity (Wildman–Crippen MR) is 83.2 cm³/mol. The van der Waals surface area contributed by atoms with Crippen molar-refractivity contribution in [1.29, 1.82) is 0 Å². The maximum Gasteiger partial charge on any atom is 0.240 e. The van der Waals surface area contributed by atoms with E-state index < -0.39 is 10.0 Å². The molecule has 0 aliphatic rings. The Labute approximate surface area is 123 Å². The summed E-state index contributed by atoms with van der Waals surface area (Å²) >= 11 is 0. The largest absolute Gasteiger partial charge is 0.316 e. The first-order chi connectivity index (χ1) is 9.38. The minimum Gasteiger partial charge on any atom is -0.316 e. The molecule has 1 rings (SSSR count). The zero-order chi connectivity index (χ0) is 15.2. The third-order valence-corrected chi connectivity index (χ3v) is 4.91. The summed E-state index contributed by atoms with van der Waals surface area (Å²) in [5.74, 6) is 0.597. The summed E-state index contributed by atoms with van der Waals surface area (Å²) in [6.45, 7) is 7.30. The average molecular weight is 298 g/mol.